The van der Waals surface area contributed by atoms with Gasteiger partial charge in [-0.1, -0.05) is 19.8 Å². The van der Waals surface area contributed by atoms with Crippen LogP contribution >= 0.6 is 0 Å². The highest BCUT2D eigenvalue weighted by molar-refractivity contribution is 7.89. The van der Waals surface area contributed by atoms with Gasteiger partial charge < -0.3 is 4.74 Å². The summed E-state index contributed by atoms with van der Waals surface area (Å²) in [6.07, 6.45) is 4.55. The minimum absolute atomic E-state index is 0.0807. The zero-order valence-corrected chi connectivity index (χ0v) is 14.6. The van der Waals surface area contributed by atoms with Gasteiger partial charge in [0.2, 0.25) is 10.0 Å². The molecule has 1 fully saturated rings. The fourth-order valence-electron chi connectivity index (χ4n) is 3.37. The zero-order chi connectivity index (χ0) is 16.3. The summed E-state index contributed by atoms with van der Waals surface area (Å²) in [4.78, 5) is 0.435. The normalized spacial score (nSPS) is 20.1. The van der Waals surface area contributed by atoms with Crippen LogP contribution in [0.5, 0.6) is 5.75 Å². The van der Waals surface area contributed by atoms with E-state index in [-0.39, 0.29) is 6.04 Å². The third kappa shape index (κ3) is 3.30. The lowest BCUT2D eigenvalue weighted by molar-refractivity contribution is 0.241. The van der Waals surface area contributed by atoms with Crippen molar-refractivity contribution in [3.8, 4) is 5.75 Å². The van der Waals surface area contributed by atoms with Crippen molar-refractivity contribution in [2.75, 3.05) is 13.7 Å². The van der Waals surface area contributed by atoms with Gasteiger partial charge in [0.25, 0.3) is 0 Å². The molecule has 1 aromatic rings. The Hall–Kier alpha value is -1.07. The summed E-state index contributed by atoms with van der Waals surface area (Å²) in [5, 5.41) is 0. The number of piperidine rings is 1. The molecule has 1 aromatic carbocycles. The Kier molecular flexibility index (Phi) is 5.50. The fraction of sp³-hybridized carbons (Fsp3) is 0.588. The second-order valence-electron chi connectivity index (χ2n) is 6.00. The summed E-state index contributed by atoms with van der Waals surface area (Å²) < 4.78 is 33.3. The van der Waals surface area contributed by atoms with Crippen molar-refractivity contribution in [1.29, 1.82) is 0 Å². The molecular weight excluding hydrogens is 298 g/mol. The molecule has 1 atom stereocenters. The van der Waals surface area contributed by atoms with Crippen LogP contribution in [0.25, 0.3) is 0 Å². The van der Waals surface area contributed by atoms with Gasteiger partial charge in [0, 0.05) is 12.6 Å². The maximum atomic E-state index is 13.2. The van der Waals surface area contributed by atoms with Crippen molar-refractivity contribution >= 4 is 10.0 Å². The third-order valence-corrected chi connectivity index (χ3v) is 6.60. The van der Waals surface area contributed by atoms with Crippen molar-refractivity contribution < 1.29 is 13.2 Å². The molecule has 1 radical (unpaired) electrons. The maximum Gasteiger partial charge on any atom is 0.243 e. The van der Waals surface area contributed by atoms with Crippen LogP contribution in [0, 0.1) is 20.8 Å². The Morgan fingerprint density at radius 3 is 2.45 bits per heavy atom. The molecule has 0 saturated carbocycles. The molecule has 2 rings (SSSR count). The van der Waals surface area contributed by atoms with Crippen LogP contribution in [0.2, 0.25) is 0 Å². The van der Waals surface area contributed by atoms with Crippen molar-refractivity contribution in [2.24, 2.45) is 0 Å². The first-order valence-electron chi connectivity index (χ1n) is 7.88. The van der Waals surface area contributed by atoms with E-state index in [0.717, 1.165) is 43.2 Å². The number of sulfonamides is 1. The second kappa shape index (κ2) is 7.01. The summed E-state index contributed by atoms with van der Waals surface area (Å²) in [5.74, 6) is 0.696. The molecule has 0 aromatic heterocycles. The number of hydrogen-bond donors (Lipinski definition) is 0. The molecule has 5 heteroatoms. The van der Waals surface area contributed by atoms with Crippen molar-refractivity contribution in [2.45, 2.75) is 56.9 Å². The van der Waals surface area contributed by atoms with Gasteiger partial charge in [0.1, 0.15) is 5.75 Å². The van der Waals surface area contributed by atoms with Crippen LogP contribution in [0.1, 0.15) is 43.2 Å². The Labute approximate surface area is 134 Å². The lowest BCUT2D eigenvalue weighted by Gasteiger charge is -2.35. The lowest BCUT2D eigenvalue weighted by Crippen LogP contribution is -2.44. The van der Waals surface area contributed by atoms with Gasteiger partial charge in [-0.2, -0.15) is 4.31 Å². The SMILES string of the molecule is [CH2]CCC1CCCCN1S(=O)(=O)c1c(C)cc(OC)cc1C. The van der Waals surface area contributed by atoms with Gasteiger partial charge in [0.05, 0.1) is 12.0 Å². The molecule has 1 heterocycles. The van der Waals surface area contributed by atoms with E-state index >= 15 is 0 Å². The molecule has 0 aliphatic carbocycles. The number of aryl methyl sites for hydroxylation is 2. The van der Waals surface area contributed by atoms with Crippen LogP contribution in [0.3, 0.4) is 0 Å². The Bertz CT molecular complexity index is 600. The van der Waals surface area contributed by atoms with E-state index < -0.39 is 10.0 Å². The first-order valence-corrected chi connectivity index (χ1v) is 9.32. The quantitative estimate of drug-likeness (QED) is 0.833. The van der Waals surface area contributed by atoms with Gasteiger partial charge in [-0.25, -0.2) is 8.42 Å². The summed E-state index contributed by atoms with van der Waals surface area (Å²) >= 11 is 0. The predicted molar refractivity (Wildman–Crippen MR) is 88.6 cm³/mol. The van der Waals surface area contributed by atoms with Crippen LogP contribution in [0.4, 0.5) is 0 Å². The van der Waals surface area contributed by atoms with Crippen molar-refractivity contribution in [1.82, 2.24) is 4.31 Å². The maximum absolute atomic E-state index is 13.2. The van der Waals surface area contributed by atoms with Crippen molar-refractivity contribution in [3.63, 3.8) is 0 Å². The molecule has 0 bridgehead atoms. The van der Waals surface area contributed by atoms with Crippen LogP contribution in [-0.2, 0) is 10.0 Å². The summed E-state index contributed by atoms with van der Waals surface area (Å²) in [6, 6.07) is 3.66. The highest BCUT2D eigenvalue weighted by Gasteiger charge is 2.34. The lowest BCUT2D eigenvalue weighted by atomic mass is 10.0. The van der Waals surface area contributed by atoms with E-state index in [2.05, 4.69) is 6.92 Å². The van der Waals surface area contributed by atoms with E-state index in [1.165, 1.54) is 0 Å². The highest BCUT2D eigenvalue weighted by atomic mass is 32.2. The number of ether oxygens (including phenoxy) is 1. The number of benzene rings is 1. The summed E-state index contributed by atoms with van der Waals surface area (Å²) in [7, 11) is -1.88. The molecule has 1 saturated heterocycles. The van der Waals surface area contributed by atoms with Gasteiger partial charge >= 0.3 is 0 Å². The molecule has 1 aliphatic heterocycles. The second-order valence-corrected chi connectivity index (χ2v) is 7.83. The molecule has 123 valence electrons. The Morgan fingerprint density at radius 2 is 1.91 bits per heavy atom. The molecule has 4 nitrogen and oxygen atoms in total. The number of nitrogens with zero attached hydrogens (tertiary/aromatic N) is 1. The number of hydrogen-bond acceptors (Lipinski definition) is 3. The molecule has 0 amide bonds. The third-order valence-electron chi connectivity index (χ3n) is 4.35. The van der Waals surface area contributed by atoms with Gasteiger partial charge in [0.15, 0.2) is 0 Å². The van der Waals surface area contributed by atoms with Gasteiger partial charge in [-0.05, 0) is 56.4 Å². The van der Waals surface area contributed by atoms with Crippen LogP contribution in [-0.4, -0.2) is 32.4 Å². The molecular formula is C17H26NO3S. The van der Waals surface area contributed by atoms with E-state index in [1.54, 1.807) is 23.5 Å². The van der Waals surface area contributed by atoms with Crippen LogP contribution < -0.4 is 4.74 Å². The van der Waals surface area contributed by atoms with E-state index in [4.69, 9.17) is 4.74 Å². The topological polar surface area (TPSA) is 46.6 Å². The standard InChI is InChI=1S/C17H26NO3S/c1-5-8-15-9-6-7-10-18(15)22(19,20)17-13(2)11-16(21-4)12-14(17)3/h11-12,15H,1,5-10H2,2-4H3. The number of rotatable bonds is 5. The van der Waals surface area contributed by atoms with Gasteiger partial charge in [-0.15, -0.1) is 0 Å². The molecule has 0 spiro atoms. The Balaban J connectivity index is 2.45. The minimum Gasteiger partial charge on any atom is -0.497 e. The Morgan fingerprint density at radius 1 is 1.27 bits per heavy atom. The predicted octanol–water partition coefficient (Wildman–Crippen LogP) is 3.47. The summed E-state index contributed by atoms with van der Waals surface area (Å²) in [6.45, 7) is 8.17. The largest absolute Gasteiger partial charge is 0.497 e. The van der Waals surface area contributed by atoms with E-state index in [1.807, 2.05) is 13.8 Å². The smallest absolute Gasteiger partial charge is 0.243 e. The average molecular weight is 324 g/mol. The van der Waals surface area contributed by atoms with Gasteiger partial charge in [-0.3, -0.25) is 0 Å². The van der Waals surface area contributed by atoms with Crippen LogP contribution in [0.15, 0.2) is 17.0 Å². The first kappa shape index (κ1) is 17.3. The van der Waals surface area contributed by atoms with E-state index in [0.29, 0.717) is 17.2 Å². The highest BCUT2D eigenvalue weighted by Crippen LogP contribution is 2.32. The number of methoxy groups -OCH3 is 1. The molecule has 1 aliphatic rings. The molecule has 0 N–H and O–H groups in total. The van der Waals surface area contributed by atoms with E-state index in [9.17, 15) is 8.42 Å². The summed E-state index contributed by atoms with van der Waals surface area (Å²) in [5.41, 5.74) is 1.49. The fourth-order valence-corrected chi connectivity index (χ4v) is 5.51. The molecule has 1 unspecified atom stereocenters. The van der Waals surface area contributed by atoms with Crippen molar-refractivity contribution in [3.05, 3.63) is 30.2 Å². The first-order chi connectivity index (χ1) is 10.4. The average Bonchev–Trinajstić information content (AvgIpc) is 2.47. The monoisotopic (exact) mass is 324 g/mol. The zero-order valence-electron chi connectivity index (χ0n) is 13.8. The molecule has 22 heavy (non-hydrogen) atoms. The minimum atomic E-state index is -3.47.